The van der Waals surface area contributed by atoms with Crippen LogP contribution < -0.4 is 15.2 Å². The van der Waals surface area contributed by atoms with Gasteiger partial charge in [-0.3, -0.25) is 9.69 Å². The number of benzene rings is 2. The second kappa shape index (κ2) is 6.71. The van der Waals surface area contributed by atoms with Crippen LogP contribution in [0.3, 0.4) is 0 Å². The number of carbonyl (C=O) groups excluding carboxylic acids is 1. The number of nitrogens with two attached hydrogens (primary N) is 1. The van der Waals surface area contributed by atoms with Gasteiger partial charge in [0.15, 0.2) is 17.5 Å². The zero-order valence-electron chi connectivity index (χ0n) is 15.4. The lowest BCUT2D eigenvalue weighted by Crippen LogP contribution is -2.47. The maximum absolute atomic E-state index is 12.3. The summed E-state index contributed by atoms with van der Waals surface area (Å²) in [5.41, 5.74) is 8.02. The van der Waals surface area contributed by atoms with Gasteiger partial charge in [-0.05, 0) is 30.2 Å². The van der Waals surface area contributed by atoms with E-state index < -0.39 is 5.54 Å². The summed E-state index contributed by atoms with van der Waals surface area (Å²) in [5, 5.41) is 0. The number of hydrogen-bond acceptors (Lipinski definition) is 5. The Kier molecular flexibility index (Phi) is 4.59. The molecule has 6 nitrogen and oxygen atoms in total. The highest BCUT2D eigenvalue weighted by molar-refractivity contribution is 5.98. The van der Waals surface area contributed by atoms with Crippen LogP contribution >= 0.6 is 0 Å². The summed E-state index contributed by atoms with van der Waals surface area (Å²) in [6.07, 6.45) is 0.267. The molecule has 1 aliphatic rings. The Balaban J connectivity index is 2.09. The number of guanidine groups is 1. The molecular weight excluding hydrogens is 330 g/mol. The standard InChI is InChI=1S/C20H23N3O3/c1-20(12-17(24)23(2)19(21)22-20)14-8-5-7-13(11-14)15-9-6-10-16(25-3)18(15)26-4/h5-11H,12H2,1-4H3,(H2,21,22). The van der Waals surface area contributed by atoms with Gasteiger partial charge < -0.3 is 15.2 Å². The molecule has 0 radical (unpaired) electrons. The zero-order chi connectivity index (χ0) is 18.9. The molecular formula is C20H23N3O3. The number of rotatable bonds is 4. The van der Waals surface area contributed by atoms with Crippen molar-refractivity contribution in [2.45, 2.75) is 18.9 Å². The average molecular weight is 353 g/mol. The molecule has 26 heavy (non-hydrogen) atoms. The zero-order valence-corrected chi connectivity index (χ0v) is 15.4. The maximum atomic E-state index is 12.3. The minimum Gasteiger partial charge on any atom is -0.493 e. The van der Waals surface area contributed by atoms with Crippen LogP contribution in [0, 0.1) is 0 Å². The molecule has 0 aliphatic carbocycles. The van der Waals surface area contributed by atoms with E-state index in [4.69, 9.17) is 15.2 Å². The van der Waals surface area contributed by atoms with Crippen LogP contribution in [-0.4, -0.2) is 38.0 Å². The van der Waals surface area contributed by atoms with Gasteiger partial charge in [0.05, 0.1) is 26.2 Å². The molecule has 1 aliphatic heterocycles. The molecule has 1 amide bonds. The second-order valence-corrected chi connectivity index (χ2v) is 6.50. The van der Waals surface area contributed by atoms with E-state index >= 15 is 0 Å². The Hall–Kier alpha value is -3.02. The lowest BCUT2D eigenvalue weighted by Gasteiger charge is -2.33. The van der Waals surface area contributed by atoms with E-state index in [0.29, 0.717) is 11.5 Å². The topological polar surface area (TPSA) is 77.2 Å². The molecule has 1 heterocycles. The Labute approximate surface area is 153 Å². The molecule has 2 aromatic carbocycles. The predicted octanol–water partition coefficient (Wildman–Crippen LogP) is 2.76. The summed E-state index contributed by atoms with van der Waals surface area (Å²) in [6, 6.07) is 13.7. The lowest BCUT2D eigenvalue weighted by atomic mass is 9.86. The maximum Gasteiger partial charge on any atom is 0.231 e. The van der Waals surface area contributed by atoms with Crippen LogP contribution in [0.25, 0.3) is 11.1 Å². The van der Waals surface area contributed by atoms with Crippen LogP contribution in [-0.2, 0) is 10.3 Å². The monoisotopic (exact) mass is 353 g/mol. The number of carbonyl (C=O) groups is 1. The normalized spacial score (nSPS) is 19.9. The first kappa shape index (κ1) is 17.8. The number of hydrogen-bond donors (Lipinski definition) is 1. The number of nitrogens with zero attached hydrogens (tertiary/aromatic N) is 2. The van der Waals surface area contributed by atoms with Gasteiger partial charge in [-0.25, -0.2) is 4.99 Å². The molecule has 0 fully saturated rings. The Morgan fingerprint density at radius 1 is 1.15 bits per heavy atom. The highest BCUT2D eigenvalue weighted by Crippen LogP contribution is 2.40. The van der Waals surface area contributed by atoms with Crippen molar-refractivity contribution in [3.63, 3.8) is 0 Å². The molecule has 0 saturated carbocycles. The number of ether oxygens (including phenoxy) is 2. The lowest BCUT2D eigenvalue weighted by molar-refractivity contribution is -0.128. The minimum absolute atomic E-state index is 0.0515. The van der Waals surface area contributed by atoms with Crippen molar-refractivity contribution < 1.29 is 14.3 Å². The molecule has 0 aromatic heterocycles. The summed E-state index contributed by atoms with van der Waals surface area (Å²) in [5.74, 6) is 1.51. The van der Waals surface area contributed by atoms with Crippen LogP contribution in [0.5, 0.6) is 11.5 Å². The van der Waals surface area contributed by atoms with E-state index in [1.807, 2.05) is 49.4 Å². The molecule has 1 atom stereocenters. The molecule has 2 aromatic rings. The fraction of sp³-hybridized carbons (Fsp3) is 0.300. The van der Waals surface area contributed by atoms with Crippen molar-refractivity contribution in [1.82, 2.24) is 4.90 Å². The predicted molar refractivity (Wildman–Crippen MR) is 101 cm³/mol. The van der Waals surface area contributed by atoms with Crippen LogP contribution in [0.15, 0.2) is 47.5 Å². The van der Waals surface area contributed by atoms with Crippen molar-refractivity contribution in [1.29, 1.82) is 0 Å². The fourth-order valence-corrected chi connectivity index (χ4v) is 3.21. The van der Waals surface area contributed by atoms with Crippen molar-refractivity contribution in [3.05, 3.63) is 48.0 Å². The summed E-state index contributed by atoms with van der Waals surface area (Å²) in [4.78, 5) is 18.2. The van der Waals surface area contributed by atoms with E-state index in [1.54, 1.807) is 21.3 Å². The highest BCUT2D eigenvalue weighted by Gasteiger charge is 2.36. The molecule has 0 bridgehead atoms. The van der Waals surface area contributed by atoms with Gasteiger partial charge >= 0.3 is 0 Å². The summed E-state index contributed by atoms with van der Waals surface area (Å²) >= 11 is 0. The van der Waals surface area contributed by atoms with Crippen LogP contribution in [0.1, 0.15) is 18.9 Å². The van der Waals surface area contributed by atoms with Gasteiger partial charge in [0, 0.05) is 12.6 Å². The number of para-hydroxylation sites is 1. The molecule has 0 spiro atoms. The first-order valence-electron chi connectivity index (χ1n) is 8.33. The minimum atomic E-state index is -0.699. The molecule has 3 rings (SSSR count). The van der Waals surface area contributed by atoms with E-state index in [0.717, 1.165) is 16.7 Å². The van der Waals surface area contributed by atoms with Gasteiger partial charge in [0.25, 0.3) is 0 Å². The van der Waals surface area contributed by atoms with Gasteiger partial charge in [-0.2, -0.15) is 0 Å². The number of methoxy groups -OCH3 is 2. The fourth-order valence-electron chi connectivity index (χ4n) is 3.21. The van der Waals surface area contributed by atoms with E-state index in [-0.39, 0.29) is 18.3 Å². The van der Waals surface area contributed by atoms with Gasteiger partial charge in [0.2, 0.25) is 5.91 Å². The Morgan fingerprint density at radius 3 is 2.54 bits per heavy atom. The van der Waals surface area contributed by atoms with Crippen molar-refractivity contribution >= 4 is 11.9 Å². The smallest absolute Gasteiger partial charge is 0.231 e. The summed E-state index contributed by atoms with van der Waals surface area (Å²) in [6.45, 7) is 1.92. The molecule has 1 unspecified atom stereocenters. The van der Waals surface area contributed by atoms with Gasteiger partial charge in [0.1, 0.15) is 0 Å². The molecule has 6 heteroatoms. The summed E-state index contributed by atoms with van der Waals surface area (Å²) in [7, 11) is 4.87. The number of aliphatic imine (C=N–C) groups is 1. The molecule has 0 saturated heterocycles. The first-order chi connectivity index (χ1) is 12.4. The average Bonchev–Trinajstić information content (AvgIpc) is 2.65. The third kappa shape index (κ3) is 2.98. The third-order valence-electron chi connectivity index (χ3n) is 4.77. The van der Waals surface area contributed by atoms with E-state index in [1.165, 1.54) is 4.90 Å². The Morgan fingerprint density at radius 2 is 1.88 bits per heavy atom. The van der Waals surface area contributed by atoms with E-state index in [2.05, 4.69) is 4.99 Å². The van der Waals surface area contributed by atoms with Crippen LogP contribution in [0.2, 0.25) is 0 Å². The Bertz CT molecular complexity index is 878. The van der Waals surface area contributed by atoms with Crippen molar-refractivity contribution in [3.8, 4) is 22.6 Å². The summed E-state index contributed by atoms with van der Waals surface area (Å²) < 4.78 is 10.9. The van der Waals surface area contributed by atoms with Crippen molar-refractivity contribution in [2.24, 2.45) is 10.7 Å². The molecule has 136 valence electrons. The first-order valence-corrected chi connectivity index (χ1v) is 8.33. The third-order valence-corrected chi connectivity index (χ3v) is 4.77. The quantitative estimate of drug-likeness (QED) is 0.917. The van der Waals surface area contributed by atoms with E-state index in [9.17, 15) is 4.79 Å². The highest BCUT2D eigenvalue weighted by atomic mass is 16.5. The van der Waals surface area contributed by atoms with Gasteiger partial charge in [-0.15, -0.1) is 0 Å². The van der Waals surface area contributed by atoms with Crippen LogP contribution in [0.4, 0.5) is 0 Å². The number of amides is 1. The van der Waals surface area contributed by atoms with Crippen molar-refractivity contribution in [2.75, 3.05) is 21.3 Å². The van der Waals surface area contributed by atoms with Gasteiger partial charge in [-0.1, -0.05) is 30.3 Å². The largest absolute Gasteiger partial charge is 0.493 e. The SMILES string of the molecule is COc1cccc(-c2cccc(C3(C)CC(=O)N(C)C(N)=N3)c2)c1OC. The second-order valence-electron chi connectivity index (χ2n) is 6.50. The molecule has 2 N–H and O–H groups in total.